The fourth-order valence-corrected chi connectivity index (χ4v) is 2.60. The van der Waals surface area contributed by atoms with Crippen molar-refractivity contribution in [3.63, 3.8) is 0 Å². The third-order valence-electron chi connectivity index (χ3n) is 3.55. The normalized spacial score (nSPS) is 12.6. The van der Waals surface area contributed by atoms with Crippen molar-refractivity contribution in [3.05, 3.63) is 23.0 Å². The van der Waals surface area contributed by atoms with Crippen molar-refractivity contribution >= 4 is 11.7 Å². The molecular formula is C17H26F3N3O2. The van der Waals surface area contributed by atoms with Crippen LogP contribution < -0.4 is 5.32 Å². The number of likely N-dealkylation sites (N-methyl/N-ethyl adjacent to an activating group) is 1. The van der Waals surface area contributed by atoms with Gasteiger partial charge in [-0.3, -0.25) is 14.5 Å². The molecule has 8 heteroatoms. The molecule has 5 nitrogen and oxygen atoms in total. The Morgan fingerprint density at radius 2 is 1.72 bits per heavy atom. The highest BCUT2D eigenvalue weighted by atomic mass is 19.4. The Balaban J connectivity index is 2.78. The lowest BCUT2D eigenvalue weighted by Gasteiger charge is -2.23. The molecule has 1 aromatic heterocycles. The number of carbonyl (C=O) groups excluding carboxylic acids is 2. The first-order chi connectivity index (χ1) is 11.2. The van der Waals surface area contributed by atoms with E-state index < -0.39 is 12.7 Å². The maximum absolute atomic E-state index is 12.6. The molecule has 0 aliphatic rings. The SMILES string of the molecule is Cc1cc(C(=O)CN(C)CC(=O)NC(C)(C)C)c(C)n1CC(F)(F)F. The minimum absolute atomic E-state index is 0.0320. The van der Waals surface area contributed by atoms with Crippen molar-refractivity contribution < 1.29 is 22.8 Å². The predicted octanol–water partition coefficient (Wildman–Crippen LogP) is 2.70. The van der Waals surface area contributed by atoms with Gasteiger partial charge in [0.2, 0.25) is 5.91 Å². The van der Waals surface area contributed by atoms with E-state index in [1.807, 2.05) is 20.8 Å². The van der Waals surface area contributed by atoms with Crippen LogP contribution in [0.3, 0.4) is 0 Å². The molecule has 0 radical (unpaired) electrons. The van der Waals surface area contributed by atoms with Gasteiger partial charge in [-0.15, -0.1) is 0 Å². The molecule has 25 heavy (non-hydrogen) atoms. The van der Waals surface area contributed by atoms with Gasteiger partial charge in [-0.25, -0.2) is 0 Å². The number of halogens is 3. The molecule has 1 heterocycles. The van der Waals surface area contributed by atoms with Gasteiger partial charge in [0.15, 0.2) is 5.78 Å². The maximum atomic E-state index is 12.6. The molecule has 0 bridgehead atoms. The summed E-state index contributed by atoms with van der Waals surface area (Å²) in [5.41, 5.74) is 0.549. The van der Waals surface area contributed by atoms with Crippen LogP contribution in [0.15, 0.2) is 6.07 Å². The van der Waals surface area contributed by atoms with Crippen LogP contribution in [0.2, 0.25) is 0 Å². The van der Waals surface area contributed by atoms with Gasteiger partial charge < -0.3 is 9.88 Å². The van der Waals surface area contributed by atoms with Crippen molar-refractivity contribution in [1.29, 1.82) is 0 Å². The first-order valence-corrected chi connectivity index (χ1v) is 7.96. The molecule has 0 fully saturated rings. The first kappa shape index (κ1) is 21.2. The van der Waals surface area contributed by atoms with E-state index in [0.29, 0.717) is 5.69 Å². The minimum Gasteiger partial charge on any atom is -0.350 e. The van der Waals surface area contributed by atoms with Gasteiger partial charge in [-0.05, 0) is 47.7 Å². The van der Waals surface area contributed by atoms with Crippen LogP contribution in [-0.4, -0.2) is 53.0 Å². The third kappa shape index (κ3) is 6.89. The smallest absolute Gasteiger partial charge is 0.350 e. The summed E-state index contributed by atoms with van der Waals surface area (Å²) in [6.07, 6.45) is -4.35. The fraction of sp³-hybridized carbons (Fsp3) is 0.647. The second kappa shape index (κ2) is 7.59. The zero-order valence-corrected chi connectivity index (χ0v) is 15.5. The summed E-state index contributed by atoms with van der Waals surface area (Å²) in [5, 5.41) is 2.79. The largest absolute Gasteiger partial charge is 0.406 e. The lowest BCUT2D eigenvalue weighted by atomic mass is 10.1. The average molecular weight is 361 g/mol. The number of hydrogen-bond donors (Lipinski definition) is 1. The predicted molar refractivity (Wildman–Crippen MR) is 89.7 cm³/mol. The second-order valence-electron chi connectivity index (χ2n) is 7.38. The molecule has 1 aromatic rings. The zero-order chi connectivity index (χ0) is 19.6. The number of alkyl halides is 3. The number of amides is 1. The van der Waals surface area contributed by atoms with Crippen LogP contribution in [-0.2, 0) is 11.3 Å². The Bertz CT molecular complexity index is 643. The summed E-state index contributed by atoms with van der Waals surface area (Å²) in [7, 11) is 1.62. The number of hydrogen-bond acceptors (Lipinski definition) is 3. The Hall–Kier alpha value is -1.83. The molecule has 0 saturated carbocycles. The van der Waals surface area contributed by atoms with Crippen LogP contribution in [0.25, 0.3) is 0 Å². The number of nitrogens with zero attached hydrogens (tertiary/aromatic N) is 2. The number of carbonyl (C=O) groups is 2. The monoisotopic (exact) mass is 361 g/mol. The molecule has 0 spiro atoms. The van der Waals surface area contributed by atoms with Crippen molar-refractivity contribution in [2.45, 2.75) is 52.9 Å². The molecule has 1 N–H and O–H groups in total. The number of nitrogens with one attached hydrogen (secondary N) is 1. The van der Waals surface area contributed by atoms with Gasteiger partial charge in [-0.1, -0.05) is 0 Å². The molecule has 0 aliphatic carbocycles. The van der Waals surface area contributed by atoms with Gasteiger partial charge in [0.05, 0.1) is 13.1 Å². The Morgan fingerprint density at radius 3 is 2.20 bits per heavy atom. The van der Waals surface area contributed by atoms with Gasteiger partial charge in [0.25, 0.3) is 0 Å². The standard InChI is InChI=1S/C17H26F3N3O2/c1-11-7-13(12(2)23(11)10-17(18,19)20)14(24)8-22(6)9-15(25)21-16(3,4)5/h7H,8-10H2,1-6H3,(H,21,25). The molecule has 1 amide bonds. The number of aromatic nitrogens is 1. The minimum atomic E-state index is -4.35. The molecule has 0 aliphatic heterocycles. The van der Waals surface area contributed by atoms with Crippen molar-refractivity contribution in [1.82, 2.24) is 14.8 Å². The van der Waals surface area contributed by atoms with E-state index >= 15 is 0 Å². The average Bonchev–Trinajstić information content (AvgIpc) is 2.62. The molecule has 0 aromatic carbocycles. The lowest BCUT2D eigenvalue weighted by molar-refractivity contribution is -0.141. The number of Topliss-reactive ketones (excluding diaryl/α,β-unsaturated/α-hetero) is 1. The maximum Gasteiger partial charge on any atom is 0.406 e. The topological polar surface area (TPSA) is 54.3 Å². The van der Waals surface area contributed by atoms with E-state index in [9.17, 15) is 22.8 Å². The zero-order valence-electron chi connectivity index (χ0n) is 15.5. The highest BCUT2D eigenvalue weighted by Gasteiger charge is 2.30. The van der Waals surface area contributed by atoms with Crippen LogP contribution in [0.1, 0.15) is 42.5 Å². The Morgan fingerprint density at radius 1 is 1.16 bits per heavy atom. The van der Waals surface area contributed by atoms with Gasteiger partial charge >= 0.3 is 6.18 Å². The third-order valence-corrected chi connectivity index (χ3v) is 3.55. The summed E-state index contributed by atoms with van der Waals surface area (Å²) < 4.78 is 39.0. The van der Waals surface area contributed by atoms with Crippen LogP contribution in [0.4, 0.5) is 13.2 Å². The van der Waals surface area contributed by atoms with Crippen molar-refractivity contribution in [2.75, 3.05) is 20.1 Å². The second-order valence-corrected chi connectivity index (χ2v) is 7.38. The molecule has 1 rings (SSSR count). The Kier molecular flexibility index (Phi) is 6.44. The molecular weight excluding hydrogens is 335 g/mol. The molecule has 142 valence electrons. The van der Waals surface area contributed by atoms with E-state index in [1.165, 1.54) is 19.9 Å². The van der Waals surface area contributed by atoms with E-state index in [4.69, 9.17) is 0 Å². The van der Waals surface area contributed by atoms with E-state index in [-0.39, 0.29) is 41.6 Å². The fourth-order valence-electron chi connectivity index (χ4n) is 2.60. The van der Waals surface area contributed by atoms with Crippen molar-refractivity contribution in [3.8, 4) is 0 Å². The Labute approximate surface area is 146 Å². The number of ketones is 1. The van der Waals surface area contributed by atoms with Crippen LogP contribution in [0, 0.1) is 13.8 Å². The number of rotatable bonds is 6. The highest BCUT2D eigenvalue weighted by Crippen LogP contribution is 2.23. The first-order valence-electron chi connectivity index (χ1n) is 7.96. The summed E-state index contributed by atoms with van der Waals surface area (Å²) in [4.78, 5) is 25.8. The quantitative estimate of drug-likeness (QED) is 0.793. The van der Waals surface area contributed by atoms with E-state index in [2.05, 4.69) is 5.32 Å². The summed E-state index contributed by atoms with van der Waals surface area (Å²) in [6, 6.07) is 1.46. The number of aryl methyl sites for hydroxylation is 1. The van der Waals surface area contributed by atoms with Crippen molar-refractivity contribution in [2.24, 2.45) is 0 Å². The lowest BCUT2D eigenvalue weighted by Crippen LogP contribution is -2.45. The van der Waals surface area contributed by atoms with Gasteiger partial charge in [0.1, 0.15) is 6.54 Å². The van der Waals surface area contributed by atoms with Gasteiger partial charge in [-0.2, -0.15) is 13.2 Å². The summed E-state index contributed by atoms with van der Waals surface area (Å²) in [5.74, 6) is -0.530. The molecule has 0 atom stereocenters. The summed E-state index contributed by atoms with van der Waals surface area (Å²) in [6.45, 7) is 7.46. The summed E-state index contributed by atoms with van der Waals surface area (Å²) >= 11 is 0. The molecule has 0 saturated heterocycles. The highest BCUT2D eigenvalue weighted by molar-refractivity contribution is 5.99. The van der Waals surface area contributed by atoms with E-state index in [0.717, 1.165) is 4.57 Å². The van der Waals surface area contributed by atoms with Crippen LogP contribution in [0.5, 0.6) is 0 Å². The van der Waals surface area contributed by atoms with Crippen LogP contribution >= 0.6 is 0 Å². The van der Waals surface area contributed by atoms with E-state index in [1.54, 1.807) is 11.9 Å². The molecule has 0 unspecified atom stereocenters. The van der Waals surface area contributed by atoms with Gasteiger partial charge in [0, 0.05) is 22.5 Å².